The lowest BCUT2D eigenvalue weighted by Crippen LogP contribution is -2.30. The average Bonchev–Trinajstić information content (AvgIpc) is 3.04. The zero-order valence-electron chi connectivity index (χ0n) is 32.6. The van der Waals surface area contributed by atoms with Crippen molar-refractivity contribution in [3.8, 4) is 0 Å². The maximum atomic E-state index is 12.6. The number of unbranched alkanes of at least 4 members (excludes halogenated alkanes) is 21. The summed E-state index contributed by atoms with van der Waals surface area (Å²) >= 11 is 0. The Labute approximate surface area is 298 Å². The predicted octanol–water partition coefficient (Wildman–Crippen LogP) is 12.6. The molecule has 0 bridgehead atoms. The summed E-state index contributed by atoms with van der Waals surface area (Å²) in [4.78, 5) is 37.4. The Bertz CT molecular complexity index is 734. The number of carbonyl (C=O) groups is 3. The summed E-state index contributed by atoms with van der Waals surface area (Å²) in [5, 5.41) is 0. The van der Waals surface area contributed by atoms with Crippen LogP contribution in [0.4, 0.5) is 0 Å². The van der Waals surface area contributed by atoms with E-state index in [1.54, 1.807) is 0 Å². The van der Waals surface area contributed by atoms with Crippen LogP contribution in [0.5, 0.6) is 0 Å². The van der Waals surface area contributed by atoms with E-state index in [1.165, 1.54) is 109 Å². The van der Waals surface area contributed by atoms with E-state index in [2.05, 4.69) is 34.6 Å². The van der Waals surface area contributed by atoms with E-state index in [-0.39, 0.29) is 31.1 Å². The summed E-state index contributed by atoms with van der Waals surface area (Å²) in [6.07, 6.45) is 31.1. The summed E-state index contributed by atoms with van der Waals surface area (Å²) < 4.78 is 16.6. The number of esters is 3. The van der Waals surface area contributed by atoms with Gasteiger partial charge in [0.1, 0.15) is 13.2 Å². The van der Waals surface area contributed by atoms with Gasteiger partial charge in [-0.05, 0) is 31.1 Å². The molecule has 0 amide bonds. The van der Waals surface area contributed by atoms with Gasteiger partial charge >= 0.3 is 17.9 Å². The van der Waals surface area contributed by atoms with E-state index >= 15 is 0 Å². The first-order valence-electron chi connectivity index (χ1n) is 20.7. The van der Waals surface area contributed by atoms with Gasteiger partial charge in [-0.3, -0.25) is 14.4 Å². The third-order valence-corrected chi connectivity index (χ3v) is 9.22. The van der Waals surface area contributed by atoms with Crippen molar-refractivity contribution >= 4 is 17.9 Å². The number of hydrogen-bond donors (Lipinski definition) is 0. The number of ether oxygens (including phenoxy) is 3. The lowest BCUT2D eigenvalue weighted by Gasteiger charge is -2.18. The smallest absolute Gasteiger partial charge is 0.306 e. The van der Waals surface area contributed by atoms with E-state index in [0.717, 1.165) is 69.6 Å². The fraction of sp³-hybridized carbons (Fsp3) is 0.929. The highest BCUT2D eigenvalue weighted by molar-refractivity contribution is 5.71. The minimum Gasteiger partial charge on any atom is -0.462 e. The highest BCUT2D eigenvalue weighted by Crippen LogP contribution is 2.16. The first kappa shape index (κ1) is 46.4. The molecule has 1 atom stereocenters. The van der Waals surface area contributed by atoms with Gasteiger partial charge in [-0.2, -0.15) is 0 Å². The maximum absolute atomic E-state index is 12.6. The molecule has 0 aromatic rings. The summed E-state index contributed by atoms with van der Waals surface area (Å²) in [5.74, 6) is 0.728. The lowest BCUT2D eigenvalue weighted by molar-refractivity contribution is -0.167. The molecule has 6 heteroatoms. The van der Waals surface area contributed by atoms with Gasteiger partial charge in [0, 0.05) is 19.3 Å². The maximum Gasteiger partial charge on any atom is 0.306 e. The number of rotatable bonds is 36. The molecule has 0 aromatic carbocycles. The second-order valence-corrected chi connectivity index (χ2v) is 15.2. The number of hydrogen-bond acceptors (Lipinski definition) is 6. The van der Waals surface area contributed by atoms with Crippen molar-refractivity contribution in [2.45, 2.75) is 227 Å². The zero-order valence-corrected chi connectivity index (χ0v) is 32.6. The normalized spacial score (nSPS) is 12.1. The minimum atomic E-state index is -0.758. The largest absolute Gasteiger partial charge is 0.462 e. The van der Waals surface area contributed by atoms with Crippen molar-refractivity contribution in [2.24, 2.45) is 11.8 Å². The van der Waals surface area contributed by atoms with E-state index in [4.69, 9.17) is 14.2 Å². The topological polar surface area (TPSA) is 78.9 Å². The molecular weight excluding hydrogens is 600 g/mol. The molecule has 284 valence electrons. The summed E-state index contributed by atoms with van der Waals surface area (Å²) in [6, 6.07) is 0. The molecule has 0 aliphatic carbocycles. The van der Waals surface area contributed by atoms with Crippen LogP contribution in [0, 0.1) is 11.8 Å². The Morgan fingerprint density at radius 1 is 0.396 bits per heavy atom. The standard InChI is InChI=1S/C42H80O6/c1-6-7-8-9-15-24-29-34-42(45)48-39(36-47-41(44)33-28-23-19-14-17-21-26-31-38(4)5)35-46-40(43)32-27-22-18-13-11-10-12-16-20-25-30-37(2)3/h37-39H,6-36H2,1-5H3/t39-/m1/s1. The zero-order chi connectivity index (χ0) is 35.5. The SMILES string of the molecule is CCCCCCCCCC(=O)O[C@H](COC(=O)CCCCCCCCCCCCC(C)C)COC(=O)CCCCCCCCCC(C)C. The van der Waals surface area contributed by atoms with Gasteiger partial charge in [-0.15, -0.1) is 0 Å². The molecule has 0 fully saturated rings. The van der Waals surface area contributed by atoms with Crippen LogP contribution in [-0.4, -0.2) is 37.2 Å². The van der Waals surface area contributed by atoms with Crippen LogP contribution in [0.15, 0.2) is 0 Å². The molecule has 0 unspecified atom stereocenters. The molecule has 0 radical (unpaired) electrons. The van der Waals surface area contributed by atoms with Gasteiger partial charge in [-0.1, -0.05) is 182 Å². The molecule has 0 N–H and O–H groups in total. The minimum absolute atomic E-state index is 0.0666. The third-order valence-electron chi connectivity index (χ3n) is 9.22. The lowest BCUT2D eigenvalue weighted by atomic mass is 10.0. The molecule has 0 spiro atoms. The van der Waals surface area contributed by atoms with E-state index < -0.39 is 6.10 Å². The van der Waals surface area contributed by atoms with Crippen molar-refractivity contribution < 1.29 is 28.6 Å². The molecule has 0 saturated carbocycles. The van der Waals surface area contributed by atoms with E-state index in [0.29, 0.717) is 19.3 Å². The molecular formula is C42H80O6. The predicted molar refractivity (Wildman–Crippen MR) is 201 cm³/mol. The quantitative estimate of drug-likeness (QED) is 0.0372. The van der Waals surface area contributed by atoms with Crippen molar-refractivity contribution in [3.63, 3.8) is 0 Å². The average molecular weight is 681 g/mol. The fourth-order valence-corrected chi connectivity index (χ4v) is 6.05. The molecule has 0 saturated heterocycles. The van der Waals surface area contributed by atoms with E-state index in [1.807, 2.05) is 0 Å². The number of carbonyl (C=O) groups excluding carboxylic acids is 3. The van der Waals surface area contributed by atoms with E-state index in [9.17, 15) is 14.4 Å². The Morgan fingerprint density at radius 3 is 1.02 bits per heavy atom. The van der Waals surface area contributed by atoms with Crippen LogP contribution in [-0.2, 0) is 28.6 Å². The van der Waals surface area contributed by atoms with Crippen molar-refractivity contribution in [1.82, 2.24) is 0 Å². The van der Waals surface area contributed by atoms with Crippen LogP contribution in [0.2, 0.25) is 0 Å². The van der Waals surface area contributed by atoms with Crippen molar-refractivity contribution in [1.29, 1.82) is 0 Å². The molecule has 0 aliphatic rings. The van der Waals surface area contributed by atoms with Gasteiger partial charge in [0.25, 0.3) is 0 Å². The van der Waals surface area contributed by atoms with Gasteiger partial charge in [0.15, 0.2) is 6.10 Å². The summed E-state index contributed by atoms with van der Waals surface area (Å²) in [7, 11) is 0. The molecule has 0 heterocycles. The Hall–Kier alpha value is -1.59. The second kappa shape index (κ2) is 35.2. The van der Waals surface area contributed by atoms with Crippen LogP contribution < -0.4 is 0 Å². The van der Waals surface area contributed by atoms with Gasteiger partial charge in [0.2, 0.25) is 0 Å². The highest BCUT2D eigenvalue weighted by atomic mass is 16.6. The van der Waals surface area contributed by atoms with Crippen molar-refractivity contribution in [3.05, 3.63) is 0 Å². The Balaban J connectivity index is 4.28. The molecule has 6 nitrogen and oxygen atoms in total. The third kappa shape index (κ3) is 35.7. The van der Waals surface area contributed by atoms with Gasteiger partial charge in [0.05, 0.1) is 0 Å². The first-order valence-corrected chi connectivity index (χ1v) is 20.7. The Morgan fingerprint density at radius 2 is 0.688 bits per heavy atom. The first-order chi connectivity index (χ1) is 23.2. The van der Waals surface area contributed by atoms with Gasteiger partial charge in [-0.25, -0.2) is 0 Å². The monoisotopic (exact) mass is 681 g/mol. The second-order valence-electron chi connectivity index (χ2n) is 15.2. The highest BCUT2D eigenvalue weighted by Gasteiger charge is 2.19. The molecule has 48 heavy (non-hydrogen) atoms. The Kier molecular flexibility index (Phi) is 34.1. The van der Waals surface area contributed by atoms with Crippen LogP contribution in [0.25, 0.3) is 0 Å². The van der Waals surface area contributed by atoms with Crippen molar-refractivity contribution in [2.75, 3.05) is 13.2 Å². The molecule has 0 aliphatic heterocycles. The fourth-order valence-electron chi connectivity index (χ4n) is 6.05. The summed E-state index contributed by atoms with van der Waals surface area (Å²) in [6.45, 7) is 11.2. The van der Waals surface area contributed by atoms with Crippen LogP contribution >= 0.6 is 0 Å². The summed E-state index contributed by atoms with van der Waals surface area (Å²) in [5.41, 5.74) is 0. The molecule has 0 aromatic heterocycles. The van der Waals surface area contributed by atoms with Gasteiger partial charge < -0.3 is 14.2 Å². The van der Waals surface area contributed by atoms with Crippen LogP contribution in [0.3, 0.4) is 0 Å². The molecule has 0 rings (SSSR count). The van der Waals surface area contributed by atoms with Crippen LogP contribution in [0.1, 0.15) is 221 Å².